The zero-order chi connectivity index (χ0) is 18.4. The second-order valence-corrected chi connectivity index (χ2v) is 5.41. The SMILES string of the molecule is C[C@H](Oc1ccc(F)cc1)C(=O)OCC(=O)Nc1ccc(F)c(Cl)c1. The average Bonchev–Trinajstić information content (AvgIpc) is 2.58. The first-order valence-electron chi connectivity index (χ1n) is 7.19. The van der Waals surface area contributed by atoms with Crippen LogP contribution in [-0.4, -0.2) is 24.6 Å². The summed E-state index contributed by atoms with van der Waals surface area (Å²) in [6.07, 6.45) is -0.987. The van der Waals surface area contributed by atoms with Crippen LogP contribution in [0, 0.1) is 11.6 Å². The van der Waals surface area contributed by atoms with Gasteiger partial charge in [-0.3, -0.25) is 4.79 Å². The summed E-state index contributed by atoms with van der Waals surface area (Å²) >= 11 is 5.60. The maximum absolute atomic E-state index is 13.0. The molecule has 2 aromatic rings. The minimum Gasteiger partial charge on any atom is -0.479 e. The number of ether oxygens (including phenoxy) is 2. The molecule has 132 valence electrons. The molecule has 1 amide bonds. The van der Waals surface area contributed by atoms with Gasteiger partial charge in [-0.2, -0.15) is 0 Å². The number of carbonyl (C=O) groups excluding carboxylic acids is 2. The third-order valence-electron chi connectivity index (χ3n) is 3.01. The number of benzene rings is 2. The largest absolute Gasteiger partial charge is 0.479 e. The lowest BCUT2D eigenvalue weighted by molar-refractivity contribution is -0.153. The lowest BCUT2D eigenvalue weighted by Gasteiger charge is -2.14. The van der Waals surface area contributed by atoms with Crippen LogP contribution in [0.2, 0.25) is 5.02 Å². The molecule has 0 saturated heterocycles. The maximum Gasteiger partial charge on any atom is 0.347 e. The van der Waals surface area contributed by atoms with Gasteiger partial charge in [0.1, 0.15) is 17.4 Å². The highest BCUT2D eigenvalue weighted by Gasteiger charge is 2.18. The van der Waals surface area contributed by atoms with E-state index in [1.807, 2.05) is 0 Å². The average molecular weight is 370 g/mol. The molecule has 0 spiro atoms. The predicted octanol–water partition coefficient (Wildman–Crippen LogP) is 3.57. The molecule has 0 aliphatic heterocycles. The van der Waals surface area contributed by atoms with E-state index in [1.165, 1.54) is 43.3 Å². The van der Waals surface area contributed by atoms with Crippen molar-refractivity contribution in [1.29, 1.82) is 0 Å². The number of hydrogen-bond donors (Lipinski definition) is 1. The Morgan fingerprint density at radius 2 is 1.84 bits per heavy atom. The van der Waals surface area contributed by atoms with Crippen molar-refractivity contribution in [1.82, 2.24) is 0 Å². The van der Waals surface area contributed by atoms with Crippen LogP contribution in [0.25, 0.3) is 0 Å². The molecule has 0 unspecified atom stereocenters. The molecule has 0 radical (unpaired) electrons. The molecule has 2 rings (SSSR count). The highest BCUT2D eigenvalue weighted by atomic mass is 35.5. The number of hydrogen-bond acceptors (Lipinski definition) is 4. The molecule has 0 saturated carbocycles. The highest BCUT2D eigenvalue weighted by Crippen LogP contribution is 2.19. The lowest BCUT2D eigenvalue weighted by atomic mass is 10.3. The van der Waals surface area contributed by atoms with Crippen LogP contribution in [0.4, 0.5) is 14.5 Å². The first kappa shape index (κ1) is 18.7. The fourth-order valence-corrected chi connectivity index (χ4v) is 1.97. The van der Waals surface area contributed by atoms with Crippen LogP contribution in [-0.2, 0) is 14.3 Å². The Bertz CT molecular complexity index is 768. The molecule has 0 aromatic heterocycles. The van der Waals surface area contributed by atoms with Gasteiger partial charge in [-0.15, -0.1) is 0 Å². The molecule has 0 bridgehead atoms. The fraction of sp³-hybridized carbons (Fsp3) is 0.176. The van der Waals surface area contributed by atoms with Crippen LogP contribution in [0.15, 0.2) is 42.5 Å². The fourth-order valence-electron chi connectivity index (χ4n) is 1.79. The molecule has 0 heterocycles. The number of carbonyl (C=O) groups is 2. The van der Waals surface area contributed by atoms with E-state index >= 15 is 0 Å². The van der Waals surface area contributed by atoms with E-state index in [0.29, 0.717) is 0 Å². The van der Waals surface area contributed by atoms with E-state index in [0.717, 1.165) is 6.07 Å². The highest BCUT2D eigenvalue weighted by molar-refractivity contribution is 6.31. The topological polar surface area (TPSA) is 64.6 Å². The zero-order valence-corrected chi connectivity index (χ0v) is 13.8. The van der Waals surface area contributed by atoms with Crippen molar-refractivity contribution in [3.05, 3.63) is 59.1 Å². The Labute approximate surface area is 147 Å². The number of esters is 1. The van der Waals surface area contributed by atoms with Crippen molar-refractivity contribution in [2.24, 2.45) is 0 Å². The van der Waals surface area contributed by atoms with Gasteiger partial charge in [0.25, 0.3) is 5.91 Å². The van der Waals surface area contributed by atoms with Gasteiger partial charge in [0, 0.05) is 5.69 Å². The summed E-state index contributed by atoms with van der Waals surface area (Å²) in [6, 6.07) is 8.76. The molecule has 25 heavy (non-hydrogen) atoms. The Hall–Kier alpha value is -2.67. The van der Waals surface area contributed by atoms with E-state index in [-0.39, 0.29) is 16.5 Å². The minimum atomic E-state index is -0.987. The molecule has 1 N–H and O–H groups in total. The van der Waals surface area contributed by atoms with Crippen LogP contribution in [0.3, 0.4) is 0 Å². The summed E-state index contributed by atoms with van der Waals surface area (Å²) in [5.41, 5.74) is 0.267. The van der Waals surface area contributed by atoms with Crippen LogP contribution in [0.1, 0.15) is 6.92 Å². The maximum atomic E-state index is 13.0. The van der Waals surface area contributed by atoms with E-state index in [9.17, 15) is 18.4 Å². The normalized spacial score (nSPS) is 11.5. The minimum absolute atomic E-state index is 0.142. The van der Waals surface area contributed by atoms with Gasteiger partial charge >= 0.3 is 5.97 Å². The summed E-state index contributed by atoms with van der Waals surface area (Å²) in [4.78, 5) is 23.5. The van der Waals surface area contributed by atoms with Crippen molar-refractivity contribution < 1.29 is 27.8 Å². The van der Waals surface area contributed by atoms with Crippen molar-refractivity contribution in [3.63, 3.8) is 0 Å². The molecule has 0 aliphatic carbocycles. The Morgan fingerprint density at radius 3 is 2.48 bits per heavy atom. The van der Waals surface area contributed by atoms with E-state index in [4.69, 9.17) is 21.1 Å². The Balaban J connectivity index is 1.80. The summed E-state index contributed by atoms with van der Waals surface area (Å²) in [5.74, 6) is -2.14. The molecule has 5 nitrogen and oxygen atoms in total. The Kier molecular flexibility index (Phi) is 6.30. The van der Waals surface area contributed by atoms with Gasteiger partial charge < -0.3 is 14.8 Å². The smallest absolute Gasteiger partial charge is 0.347 e. The molecule has 2 aromatic carbocycles. The summed E-state index contributed by atoms with van der Waals surface area (Å²) in [6.45, 7) is 0.883. The van der Waals surface area contributed by atoms with Gasteiger partial charge in [0.05, 0.1) is 5.02 Å². The summed E-state index contributed by atoms with van der Waals surface area (Å²) in [7, 11) is 0. The number of amides is 1. The summed E-state index contributed by atoms with van der Waals surface area (Å²) in [5, 5.41) is 2.27. The van der Waals surface area contributed by atoms with Crippen LogP contribution >= 0.6 is 11.6 Å². The van der Waals surface area contributed by atoms with Crippen molar-refractivity contribution in [2.45, 2.75) is 13.0 Å². The lowest BCUT2D eigenvalue weighted by Crippen LogP contribution is -2.29. The van der Waals surface area contributed by atoms with Crippen molar-refractivity contribution in [2.75, 3.05) is 11.9 Å². The monoisotopic (exact) mass is 369 g/mol. The van der Waals surface area contributed by atoms with Crippen molar-refractivity contribution in [3.8, 4) is 5.75 Å². The number of rotatable bonds is 6. The van der Waals surface area contributed by atoms with Gasteiger partial charge in [-0.05, 0) is 49.4 Å². The van der Waals surface area contributed by atoms with Crippen LogP contribution in [0.5, 0.6) is 5.75 Å². The van der Waals surface area contributed by atoms with Gasteiger partial charge in [-0.25, -0.2) is 13.6 Å². The molecular weight excluding hydrogens is 356 g/mol. The third-order valence-corrected chi connectivity index (χ3v) is 3.30. The Morgan fingerprint density at radius 1 is 1.16 bits per heavy atom. The quantitative estimate of drug-likeness (QED) is 0.791. The van der Waals surface area contributed by atoms with E-state index in [2.05, 4.69) is 5.32 Å². The first-order valence-corrected chi connectivity index (χ1v) is 7.56. The molecule has 0 fully saturated rings. The second kappa shape index (κ2) is 8.43. The van der Waals surface area contributed by atoms with Gasteiger partial charge in [-0.1, -0.05) is 11.6 Å². The molecule has 8 heteroatoms. The van der Waals surface area contributed by atoms with E-state index < -0.39 is 36.2 Å². The third kappa shape index (κ3) is 5.72. The zero-order valence-electron chi connectivity index (χ0n) is 13.1. The number of nitrogens with one attached hydrogen (secondary N) is 1. The summed E-state index contributed by atoms with van der Waals surface area (Å²) < 4.78 is 35.9. The second-order valence-electron chi connectivity index (χ2n) is 5.00. The molecule has 1 atom stereocenters. The van der Waals surface area contributed by atoms with E-state index in [1.54, 1.807) is 0 Å². The van der Waals surface area contributed by atoms with Crippen LogP contribution < -0.4 is 10.1 Å². The number of halogens is 3. The predicted molar refractivity (Wildman–Crippen MR) is 87.5 cm³/mol. The number of anilines is 1. The molecule has 0 aliphatic rings. The van der Waals surface area contributed by atoms with Gasteiger partial charge in [0.2, 0.25) is 0 Å². The standard InChI is InChI=1S/C17H14ClF2NO4/c1-10(25-13-5-2-11(19)3-6-13)17(23)24-9-16(22)21-12-4-7-15(20)14(18)8-12/h2-8,10H,9H2,1H3,(H,21,22)/t10-/m0/s1. The van der Waals surface area contributed by atoms with Gasteiger partial charge in [0.15, 0.2) is 12.7 Å². The first-order chi connectivity index (χ1) is 11.8. The van der Waals surface area contributed by atoms with Crippen molar-refractivity contribution >= 4 is 29.2 Å². The molecular formula is C17H14ClF2NO4.